The quantitative estimate of drug-likeness (QED) is 0.411. The molecule has 3 nitrogen and oxygen atoms in total. The normalized spacial score (nSPS) is 15.6. The van der Waals surface area contributed by atoms with Crippen LogP contribution in [0.5, 0.6) is 0 Å². The van der Waals surface area contributed by atoms with Gasteiger partial charge in [-0.05, 0) is 55.3 Å². The first-order chi connectivity index (χ1) is 12.7. The summed E-state index contributed by atoms with van der Waals surface area (Å²) in [6.07, 6.45) is 16.4. The van der Waals surface area contributed by atoms with E-state index in [1.165, 1.54) is 50.3 Å². The molecule has 1 fully saturated rings. The molecule has 2 rings (SSSR count). The molecule has 1 atom stereocenters. The lowest BCUT2D eigenvalue weighted by molar-refractivity contribution is -0.107. The summed E-state index contributed by atoms with van der Waals surface area (Å²) in [5, 5.41) is 10.1. The average Bonchev–Trinajstić information content (AvgIpc) is 3.21. The lowest BCUT2D eigenvalue weighted by atomic mass is 9.95. The molecule has 26 heavy (non-hydrogen) atoms. The number of benzene rings is 1. The van der Waals surface area contributed by atoms with Crippen molar-refractivity contribution in [2.45, 2.75) is 89.6 Å². The van der Waals surface area contributed by atoms with E-state index in [4.69, 9.17) is 5.73 Å². The molecule has 1 saturated carbocycles. The monoisotopic (exact) mass is 359 g/mol. The van der Waals surface area contributed by atoms with Gasteiger partial charge in [0.25, 0.3) is 0 Å². The smallest absolute Gasteiger partial charge is 0.120 e. The number of aliphatic hydroxyl groups excluding tert-OH is 1. The molecule has 3 heteroatoms. The standard InChI is InChI=1S/C17H26O.C6H11NO/c1-2-3-4-9-17(18)16-12-10-15(11-13-16)14-7-5-6-8-14;7-5-3-1-2-4-6-8/h10-14,17-18H,2-9H2,1H3;3,5-6H,1-2,4,7H2/b;5-3-. The molecular weight excluding hydrogens is 322 g/mol. The molecule has 1 aliphatic carbocycles. The average molecular weight is 360 g/mol. The van der Waals surface area contributed by atoms with E-state index in [-0.39, 0.29) is 6.10 Å². The molecule has 1 aromatic rings. The lowest BCUT2D eigenvalue weighted by Gasteiger charge is -2.13. The van der Waals surface area contributed by atoms with E-state index >= 15 is 0 Å². The van der Waals surface area contributed by atoms with E-state index in [0.29, 0.717) is 6.42 Å². The maximum atomic E-state index is 10.1. The summed E-state index contributed by atoms with van der Waals surface area (Å²) in [5.41, 5.74) is 7.60. The van der Waals surface area contributed by atoms with Gasteiger partial charge in [0, 0.05) is 6.42 Å². The Bertz CT molecular complexity index is 489. The zero-order valence-corrected chi connectivity index (χ0v) is 16.4. The van der Waals surface area contributed by atoms with Crippen LogP contribution in [0.4, 0.5) is 0 Å². The van der Waals surface area contributed by atoms with Gasteiger partial charge in [0.2, 0.25) is 0 Å². The zero-order valence-electron chi connectivity index (χ0n) is 16.4. The number of hydrogen-bond acceptors (Lipinski definition) is 3. The largest absolute Gasteiger partial charge is 0.405 e. The molecule has 0 amide bonds. The van der Waals surface area contributed by atoms with Crippen molar-refractivity contribution in [3.63, 3.8) is 0 Å². The molecule has 1 unspecified atom stereocenters. The number of carbonyl (C=O) groups is 1. The van der Waals surface area contributed by atoms with Crippen LogP contribution in [0, 0.1) is 0 Å². The van der Waals surface area contributed by atoms with Gasteiger partial charge in [-0.1, -0.05) is 69.4 Å². The van der Waals surface area contributed by atoms with Crippen LogP contribution in [0.15, 0.2) is 36.5 Å². The molecule has 0 saturated heterocycles. The minimum atomic E-state index is -0.269. The van der Waals surface area contributed by atoms with Gasteiger partial charge in [-0.3, -0.25) is 0 Å². The van der Waals surface area contributed by atoms with E-state index in [0.717, 1.165) is 43.5 Å². The molecule has 0 spiro atoms. The fourth-order valence-corrected chi connectivity index (χ4v) is 3.42. The number of aliphatic hydroxyl groups is 1. The molecule has 0 aromatic heterocycles. The molecule has 3 N–H and O–H groups in total. The van der Waals surface area contributed by atoms with Crippen LogP contribution in [0.25, 0.3) is 0 Å². The van der Waals surface area contributed by atoms with Gasteiger partial charge in [0.15, 0.2) is 0 Å². The van der Waals surface area contributed by atoms with Gasteiger partial charge in [0.1, 0.15) is 6.29 Å². The fourth-order valence-electron chi connectivity index (χ4n) is 3.42. The van der Waals surface area contributed by atoms with Gasteiger partial charge in [0.05, 0.1) is 6.10 Å². The van der Waals surface area contributed by atoms with Crippen LogP contribution < -0.4 is 5.73 Å². The maximum absolute atomic E-state index is 10.1. The molecule has 1 aromatic carbocycles. The van der Waals surface area contributed by atoms with Gasteiger partial charge in [-0.15, -0.1) is 0 Å². The predicted molar refractivity (Wildman–Crippen MR) is 110 cm³/mol. The number of aldehydes is 1. The summed E-state index contributed by atoms with van der Waals surface area (Å²) in [6.45, 7) is 2.20. The Kier molecular flexibility index (Phi) is 12.6. The van der Waals surface area contributed by atoms with Crippen molar-refractivity contribution in [2.24, 2.45) is 5.73 Å². The molecular formula is C23H37NO2. The minimum Gasteiger partial charge on any atom is -0.405 e. The molecule has 0 radical (unpaired) electrons. The fraction of sp³-hybridized carbons (Fsp3) is 0.609. The first kappa shape index (κ1) is 22.4. The second kappa shape index (κ2) is 14.5. The van der Waals surface area contributed by atoms with Crippen molar-refractivity contribution in [1.29, 1.82) is 0 Å². The summed E-state index contributed by atoms with van der Waals surface area (Å²) >= 11 is 0. The van der Waals surface area contributed by atoms with Crippen LogP contribution >= 0.6 is 0 Å². The number of rotatable bonds is 10. The first-order valence-corrected chi connectivity index (χ1v) is 10.3. The Morgan fingerprint density at radius 2 is 1.81 bits per heavy atom. The highest BCUT2D eigenvalue weighted by Gasteiger charge is 2.17. The van der Waals surface area contributed by atoms with Gasteiger partial charge in [-0.2, -0.15) is 0 Å². The van der Waals surface area contributed by atoms with Gasteiger partial charge in [-0.25, -0.2) is 0 Å². The summed E-state index contributed by atoms with van der Waals surface area (Å²) < 4.78 is 0. The summed E-state index contributed by atoms with van der Waals surface area (Å²) in [5.74, 6) is 0.774. The number of hydrogen-bond donors (Lipinski definition) is 2. The highest BCUT2D eigenvalue weighted by atomic mass is 16.3. The summed E-state index contributed by atoms with van der Waals surface area (Å²) in [6, 6.07) is 8.72. The second-order valence-electron chi connectivity index (χ2n) is 7.19. The highest BCUT2D eigenvalue weighted by Crippen LogP contribution is 2.34. The van der Waals surface area contributed by atoms with Crippen molar-refractivity contribution in [3.8, 4) is 0 Å². The van der Waals surface area contributed by atoms with Crippen LogP contribution in [0.2, 0.25) is 0 Å². The van der Waals surface area contributed by atoms with Crippen molar-refractivity contribution < 1.29 is 9.90 Å². The molecule has 0 heterocycles. The molecule has 0 aliphatic heterocycles. The first-order valence-electron chi connectivity index (χ1n) is 10.3. The SMILES string of the molecule is CCCCCC(O)c1ccc(C2CCCC2)cc1.N/C=C\CCCC=O. The van der Waals surface area contributed by atoms with Gasteiger partial charge >= 0.3 is 0 Å². The van der Waals surface area contributed by atoms with E-state index < -0.39 is 0 Å². The Morgan fingerprint density at radius 3 is 2.38 bits per heavy atom. The molecule has 146 valence electrons. The Morgan fingerprint density at radius 1 is 1.12 bits per heavy atom. The minimum absolute atomic E-state index is 0.269. The van der Waals surface area contributed by atoms with Crippen LogP contribution in [-0.2, 0) is 4.79 Å². The Balaban J connectivity index is 0.000000359. The number of carbonyl (C=O) groups excluding carboxylic acids is 1. The Labute approximate surface area is 159 Å². The van der Waals surface area contributed by atoms with Crippen molar-refractivity contribution in [1.82, 2.24) is 0 Å². The topological polar surface area (TPSA) is 63.3 Å². The van der Waals surface area contributed by atoms with E-state index in [1.807, 2.05) is 6.08 Å². The number of nitrogens with two attached hydrogens (primary N) is 1. The van der Waals surface area contributed by atoms with Crippen molar-refractivity contribution in [3.05, 3.63) is 47.7 Å². The molecule has 0 bridgehead atoms. The number of unbranched alkanes of at least 4 members (excludes halogenated alkanes) is 4. The Hall–Kier alpha value is -1.61. The van der Waals surface area contributed by atoms with Crippen LogP contribution in [-0.4, -0.2) is 11.4 Å². The third-order valence-electron chi connectivity index (χ3n) is 5.06. The third-order valence-corrected chi connectivity index (χ3v) is 5.06. The molecule has 1 aliphatic rings. The van der Waals surface area contributed by atoms with E-state index in [2.05, 4.69) is 31.2 Å². The van der Waals surface area contributed by atoms with E-state index in [1.54, 1.807) is 0 Å². The predicted octanol–water partition coefficient (Wildman–Crippen LogP) is 5.79. The third kappa shape index (κ3) is 9.19. The maximum Gasteiger partial charge on any atom is 0.120 e. The number of allylic oxidation sites excluding steroid dienone is 1. The second-order valence-corrected chi connectivity index (χ2v) is 7.19. The van der Waals surface area contributed by atoms with Crippen molar-refractivity contribution >= 4 is 6.29 Å². The van der Waals surface area contributed by atoms with E-state index in [9.17, 15) is 9.90 Å². The zero-order chi connectivity index (χ0) is 19.0. The van der Waals surface area contributed by atoms with Gasteiger partial charge < -0.3 is 15.6 Å². The van der Waals surface area contributed by atoms with Crippen LogP contribution in [0.1, 0.15) is 101 Å². The summed E-state index contributed by atoms with van der Waals surface area (Å²) in [4.78, 5) is 9.71. The summed E-state index contributed by atoms with van der Waals surface area (Å²) in [7, 11) is 0. The van der Waals surface area contributed by atoms with Crippen LogP contribution in [0.3, 0.4) is 0 Å². The van der Waals surface area contributed by atoms with Crippen molar-refractivity contribution in [2.75, 3.05) is 0 Å². The highest BCUT2D eigenvalue weighted by molar-refractivity contribution is 5.49. The lowest BCUT2D eigenvalue weighted by Crippen LogP contribution is -1.99.